The van der Waals surface area contributed by atoms with Crippen molar-refractivity contribution in [3.05, 3.63) is 60.2 Å². The topological polar surface area (TPSA) is 59.3 Å². The first-order valence-corrected chi connectivity index (χ1v) is 19.2. The Morgan fingerprint density at radius 3 is 2.37 bits per heavy atom. The number of nitrogens with two attached hydrogens (primary N) is 1. The average Bonchev–Trinajstić information content (AvgIpc) is 3.51. The van der Waals surface area contributed by atoms with Gasteiger partial charge in [-0.2, -0.15) is 0 Å². The molecule has 1 spiro atoms. The summed E-state index contributed by atoms with van der Waals surface area (Å²) in [5.41, 5.74) is 11.5. The van der Waals surface area contributed by atoms with E-state index in [4.69, 9.17) is 10.5 Å². The van der Waals surface area contributed by atoms with Gasteiger partial charge in [0.15, 0.2) is 0 Å². The zero-order valence-electron chi connectivity index (χ0n) is 29.1. The second kappa shape index (κ2) is 12.0. The standard InChI is InChI=1S/C42H61N3O/c1-27-16-21-42(45-25-27)28(2)39-38(46-42)24-37-35-15-14-32-23-34(17-19-40(32,3)36(35)18-20-41(37,39)4)44-26-33(43)22-29-10-12-31(13-11-29)30-8-6-5-7-9-30/h5-13,27-28,32-39,44-45H,14-26,43H2,1-4H3/t27-,28-,32-,33-,34?,35+,36-,37-,38-,39-,40-,41-,42-/m0/s1. The van der Waals surface area contributed by atoms with Gasteiger partial charge >= 0.3 is 0 Å². The van der Waals surface area contributed by atoms with Crippen LogP contribution in [-0.2, 0) is 11.2 Å². The second-order valence-electron chi connectivity index (χ2n) is 17.7. The quantitative estimate of drug-likeness (QED) is 0.304. The third-order valence-corrected chi connectivity index (χ3v) is 15.4. The van der Waals surface area contributed by atoms with Crippen molar-refractivity contribution in [1.29, 1.82) is 0 Å². The van der Waals surface area contributed by atoms with Crippen molar-refractivity contribution >= 4 is 0 Å². The molecule has 0 radical (unpaired) electrons. The van der Waals surface area contributed by atoms with Crippen LogP contribution in [0.25, 0.3) is 11.1 Å². The second-order valence-corrected chi connectivity index (χ2v) is 17.7. The van der Waals surface area contributed by atoms with Gasteiger partial charge in [0.2, 0.25) is 0 Å². The van der Waals surface area contributed by atoms with Crippen LogP contribution in [0.2, 0.25) is 0 Å². The molecule has 13 atom stereocenters. The smallest absolute Gasteiger partial charge is 0.122 e. The molecular weight excluding hydrogens is 562 g/mol. The largest absolute Gasteiger partial charge is 0.357 e. The van der Waals surface area contributed by atoms with Crippen LogP contribution in [0.5, 0.6) is 0 Å². The molecule has 2 aliphatic heterocycles. The van der Waals surface area contributed by atoms with Gasteiger partial charge in [-0.05, 0) is 134 Å². The molecular formula is C42H61N3O. The average molecular weight is 624 g/mol. The molecule has 2 aromatic carbocycles. The van der Waals surface area contributed by atoms with Gasteiger partial charge in [0.1, 0.15) is 5.72 Å². The SMILES string of the molecule is C[C@H]1CC[C@]2(NC1)O[C@H]1C[C@H]3[C@@H]4CC[C@H]5CC(NC[C@@H](N)Cc6ccc(-c7ccccc7)cc6)CC[C@]5(C)[C@H]4CC[C@]3(C)[C@H]1[C@@H]2C. The Balaban J connectivity index is 0.862. The first-order chi connectivity index (χ1) is 22.2. The molecule has 2 saturated heterocycles. The van der Waals surface area contributed by atoms with E-state index in [9.17, 15) is 0 Å². The third-order valence-electron chi connectivity index (χ3n) is 15.4. The van der Waals surface area contributed by atoms with Crippen LogP contribution < -0.4 is 16.4 Å². The lowest BCUT2D eigenvalue weighted by atomic mass is 9.44. The predicted octanol–water partition coefficient (Wildman–Crippen LogP) is 8.20. The first-order valence-electron chi connectivity index (χ1n) is 19.2. The Kier molecular flexibility index (Phi) is 8.23. The molecule has 2 aromatic rings. The van der Waals surface area contributed by atoms with Crippen LogP contribution >= 0.6 is 0 Å². The van der Waals surface area contributed by atoms with Crippen molar-refractivity contribution in [3.8, 4) is 11.1 Å². The first kappa shape index (κ1) is 31.5. The summed E-state index contributed by atoms with van der Waals surface area (Å²) in [5, 5.41) is 7.90. The number of rotatable bonds is 6. The van der Waals surface area contributed by atoms with E-state index < -0.39 is 0 Å². The molecule has 250 valence electrons. The van der Waals surface area contributed by atoms with Crippen LogP contribution in [-0.4, -0.2) is 37.0 Å². The van der Waals surface area contributed by atoms with Crippen molar-refractivity contribution < 1.29 is 4.74 Å². The van der Waals surface area contributed by atoms with E-state index >= 15 is 0 Å². The van der Waals surface area contributed by atoms with Gasteiger partial charge in [0.05, 0.1) is 6.10 Å². The summed E-state index contributed by atoms with van der Waals surface area (Å²) >= 11 is 0. The summed E-state index contributed by atoms with van der Waals surface area (Å²) in [4.78, 5) is 0. The zero-order valence-corrected chi connectivity index (χ0v) is 29.1. The van der Waals surface area contributed by atoms with Crippen LogP contribution in [0.4, 0.5) is 0 Å². The fraction of sp³-hybridized carbons (Fsp3) is 0.714. The highest BCUT2D eigenvalue weighted by molar-refractivity contribution is 5.63. The van der Waals surface area contributed by atoms with Crippen LogP contribution in [0, 0.1) is 52.3 Å². The Morgan fingerprint density at radius 1 is 0.848 bits per heavy atom. The van der Waals surface area contributed by atoms with Crippen molar-refractivity contribution in [1.82, 2.24) is 10.6 Å². The van der Waals surface area contributed by atoms with Crippen molar-refractivity contribution in [2.75, 3.05) is 13.1 Å². The lowest BCUT2D eigenvalue weighted by Gasteiger charge is -2.61. The van der Waals surface area contributed by atoms with E-state index in [-0.39, 0.29) is 11.8 Å². The lowest BCUT2D eigenvalue weighted by Crippen LogP contribution is -2.58. The highest BCUT2D eigenvalue weighted by Gasteiger charge is 2.68. The Hall–Kier alpha value is -1.72. The van der Waals surface area contributed by atoms with Crippen LogP contribution in [0.3, 0.4) is 0 Å². The van der Waals surface area contributed by atoms with Gasteiger partial charge in [-0.25, -0.2) is 0 Å². The molecule has 0 bridgehead atoms. The van der Waals surface area contributed by atoms with E-state index in [0.29, 0.717) is 28.9 Å². The van der Waals surface area contributed by atoms with Gasteiger partial charge in [-0.15, -0.1) is 0 Å². The summed E-state index contributed by atoms with van der Waals surface area (Å²) in [6.07, 6.45) is 15.0. The van der Waals surface area contributed by atoms with Crippen molar-refractivity contribution in [3.63, 3.8) is 0 Å². The molecule has 0 amide bonds. The third kappa shape index (κ3) is 5.24. The summed E-state index contributed by atoms with van der Waals surface area (Å²) in [5.74, 6) is 5.67. The molecule has 4 heteroatoms. The number of hydrogen-bond acceptors (Lipinski definition) is 4. The molecule has 4 aliphatic carbocycles. The number of fused-ring (bicyclic) bond motifs is 7. The summed E-state index contributed by atoms with van der Waals surface area (Å²) in [6.45, 7) is 12.4. The Morgan fingerprint density at radius 2 is 1.61 bits per heavy atom. The van der Waals surface area contributed by atoms with E-state index in [1.54, 1.807) is 0 Å². The minimum atomic E-state index is -0.0444. The molecule has 6 aliphatic rings. The maximum atomic E-state index is 7.13. The highest BCUT2D eigenvalue weighted by Crippen LogP contribution is 2.71. The van der Waals surface area contributed by atoms with E-state index in [0.717, 1.165) is 55.0 Å². The molecule has 46 heavy (non-hydrogen) atoms. The summed E-state index contributed by atoms with van der Waals surface area (Å²) < 4.78 is 7.13. The zero-order chi connectivity index (χ0) is 31.7. The van der Waals surface area contributed by atoms with Crippen LogP contribution in [0.1, 0.15) is 97.5 Å². The summed E-state index contributed by atoms with van der Waals surface area (Å²) in [6, 6.07) is 20.4. The Labute approximate surface area is 279 Å². The molecule has 1 unspecified atom stereocenters. The number of benzene rings is 2. The molecule has 4 saturated carbocycles. The van der Waals surface area contributed by atoms with E-state index in [1.165, 1.54) is 80.9 Å². The van der Waals surface area contributed by atoms with Crippen molar-refractivity contribution in [2.45, 2.75) is 122 Å². The van der Waals surface area contributed by atoms with Crippen molar-refractivity contribution in [2.24, 2.45) is 58.0 Å². The monoisotopic (exact) mass is 623 g/mol. The number of nitrogens with one attached hydrogen (secondary N) is 2. The highest BCUT2D eigenvalue weighted by atomic mass is 16.5. The number of piperidine rings is 1. The van der Waals surface area contributed by atoms with E-state index in [2.05, 4.69) is 92.9 Å². The van der Waals surface area contributed by atoms with Gasteiger partial charge in [0.25, 0.3) is 0 Å². The lowest BCUT2D eigenvalue weighted by molar-refractivity contribution is -0.134. The fourth-order valence-electron chi connectivity index (χ4n) is 12.8. The molecule has 2 heterocycles. The summed E-state index contributed by atoms with van der Waals surface area (Å²) in [7, 11) is 0. The normalized spacial score (nSPS) is 45.5. The van der Waals surface area contributed by atoms with Gasteiger partial charge in [-0.1, -0.05) is 82.3 Å². The van der Waals surface area contributed by atoms with E-state index in [1.807, 2.05) is 0 Å². The Bertz CT molecular complexity index is 1350. The molecule has 0 aromatic heterocycles. The van der Waals surface area contributed by atoms with Crippen LogP contribution in [0.15, 0.2) is 54.6 Å². The van der Waals surface area contributed by atoms with Gasteiger partial charge in [-0.3, -0.25) is 5.32 Å². The minimum Gasteiger partial charge on any atom is -0.357 e. The van der Waals surface area contributed by atoms with Gasteiger partial charge in [0, 0.05) is 31.1 Å². The fourth-order valence-corrected chi connectivity index (χ4v) is 12.8. The molecule has 4 nitrogen and oxygen atoms in total. The maximum Gasteiger partial charge on any atom is 0.122 e. The number of hydrogen-bond donors (Lipinski definition) is 3. The van der Waals surface area contributed by atoms with Gasteiger partial charge < -0.3 is 15.8 Å². The molecule has 6 fully saturated rings. The molecule has 4 N–H and O–H groups in total. The maximum absolute atomic E-state index is 7.13. The predicted molar refractivity (Wildman–Crippen MR) is 189 cm³/mol. The minimum absolute atomic E-state index is 0.0444. The number of ether oxygens (including phenoxy) is 1. The molecule has 8 rings (SSSR count).